The molecule has 90 valence electrons. The van der Waals surface area contributed by atoms with Crippen LogP contribution in [0.25, 0.3) is 0 Å². The summed E-state index contributed by atoms with van der Waals surface area (Å²) in [6, 6.07) is 12.8. The molecule has 0 unspecified atom stereocenters. The molecule has 2 rings (SSSR count). The van der Waals surface area contributed by atoms with E-state index >= 15 is 0 Å². The van der Waals surface area contributed by atoms with Crippen LogP contribution in [0.5, 0.6) is 5.75 Å². The molecule has 0 amide bonds. The second-order valence-electron chi connectivity index (χ2n) is 3.67. The number of halogens is 1. The van der Waals surface area contributed by atoms with Gasteiger partial charge >= 0.3 is 0 Å². The number of rotatable bonds is 4. The molecule has 0 saturated heterocycles. The predicted molar refractivity (Wildman–Crippen MR) is 69.6 cm³/mol. The number of hydrogen-bond acceptors (Lipinski definition) is 3. The molecule has 1 heterocycles. The molecule has 3 nitrogen and oxygen atoms in total. The zero-order valence-corrected chi connectivity index (χ0v) is 10.4. The van der Waals surface area contributed by atoms with Crippen molar-refractivity contribution in [2.45, 2.75) is 6.42 Å². The molecule has 0 atom stereocenters. The van der Waals surface area contributed by atoms with Gasteiger partial charge in [-0.3, -0.25) is 4.98 Å². The number of nitriles is 1. The van der Waals surface area contributed by atoms with Gasteiger partial charge in [-0.25, -0.2) is 0 Å². The van der Waals surface area contributed by atoms with Crippen LogP contribution in [0.15, 0.2) is 42.6 Å². The number of hydrogen-bond donors (Lipinski definition) is 0. The summed E-state index contributed by atoms with van der Waals surface area (Å²) in [6.07, 6.45) is 2.44. The summed E-state index contributed by atoms with van der Waals surface area (Å²) >= 11 is 5.87. The lowest BCUT2D eigenvalue weighted by atomic mass is 10.2. The quantitative estimate of drug-likeness (QED) is 0.846. The van der Waals surface area contributed by atoms with Crippen LogP contribution in [0.4, 0.5) is 0 Å². The highest BCUT2D eigenvalue weighted by Crippen LogP contribution is 2.22. The average Bonchev–Trinajstić information content (AvgIpc) is 2.40. The summed E-state index contributed by atoms with van der Waals surface area (Å²) in [6.45, 7) is 0.464. The highest BCUT2D eigenvalue weighted by molar-refractivity contribution is 6.30. The third-order valence-electron chi connectivity index (χ3n) is 2.41. The van der Waals surface area contributed by atoms with Crippen molar-refractivity contribution in [1.29, 1.82) is 5.26 Å². The molecule has 2 aromatic rings. The molecule has 0 bridgehead atoms. The molecule has 0 aliphatic carbocycles. The SMILES string of the molecule is N#Cc1ccc(Cl)cc1OCCc1ccccn1. The molecule has 0 aliphatic rings. The van der Waals surface area contributed by atoms with Crippen molar-refractivity contribution in [2.24, 2.45) is 0 Å². The number of nitrogens with zero attached hydrogens (tertiary/aromatic N) is 2. The zero-order valence-electron chi connectivity index (χ0n) is 9.64. The number of aromatic nitrogens is 1. The van der Waals surface area contributed by atoms with Crippen molar-refractivity contribution in [3.8, 4) is 11.8 Å². The van der Waals surface area contributed by atoms with Gasteiger partial charge in [0.2, 0.25) is 0 Å². The lowest BCUT2D eigenvalue weighted by molar-refractivity contribution is 0.319. The van der Waals surface area contributed by atoms with Gasteiger partial charge < -0.3 is 4.74 Å². The molecule has 0 saturated carbocycles. The largest absolute Gasteiger partial charge is 0.492 e. The van der Waals surface area contributed by atoms with Gasteiger partial charge in [-0.15, -0.1) is 0 Å². The van der Waals surface area contributed by atoms with Crippen LogP contribution in [-0.4, -0.2) is 11.6 Å². The minimum Gasteiger partial charge on any atom is -0.492 e. The summed E-state index contributed by atoms with van der Waals surface area (Å²) in [5.74, 6) is 0.515. The van der Waals surface area contributed by atoms with E-state index in [1.807, 2.05) is 18.2 Å². The molecule has 4 heteroatoms. The fraction of sp³-hybridized carbons (Fsp3) is 0.143. The van der Waals surface area contributed by atoms with Crippen molar-refractivity contribution >= 4 is 11.6 Å². The molecular weight excluding hydrogens is 248 g/mol. The van der Waals surface area contributed by atoms with Crippen LogP contribution >= 0.6 is 11.6 Å². The van der Waals surface area contributed by atoms with E-state index in [0.29, 0.717) is 29.4 Å². The van der Waals surface area contributed by atoms with Gasteiger partial charge in [0.25, 0.3) is 0 Å². The number of ether oxygens (including phenoxy) is 1. The highest BCUT2D eigenvalue weighted by atomic mass is 35.5. The summed E-state index contributed by atoms with van der Waals surface area (Å²) in [5, 5.41) is 9.50. The Labute approximate surface area is 111 Å². The normalized spacial score (nSPS) is 9.78. The van der Waals surface area contributed by atoms with Gasteiger partial charge in [-0.2, -0.15) is 5.26 Å². The first-order chi connectivity index (χ1) is 8.79. The lowest BCUT2D eigenvalue weighted by Gasteiger charge is -2.07. The van der Waals surface area contributed by atoms with Gasteiger partial charge in [-0.1, -0.05) is 17.7 Å². The Morgan fingerprint density at radius 3 is 2.89 bits per heavy atom. The van der Waals surface area contributed by atoms with Gasteiger partial charge in [0, 0.05) is 29.4 Å². The smallest absolute Gasteiger partial charge is 0.138 e. The van der Waals surface area contributed by atoms with Crippen LogP contribution in [-0.2, 0) is 6.42 Å². The maximum atomic E-state index is 8.94. The number of benzene rings is 1. The van der Waals surface area contributed by atoms with E-state index < -0.39 is 0 Å². The Hall–Kier alpha value is -2.05. The molecule has 1 aromatic carbocycles. The molecule has 0 N–H and O–H groups in total. The summed E-state index contributed by atoms with van der Waals surface area (Å²) in [4.78, 5) is 4.20. The first-order valence-electron chi connectivity index (χ1n) is 5.52. The van der Waals surface area contributed by atoms with E-state index in [1.54, 1.807) is 24.4 Å². The maximum absolute atomic E-state index is 8.94. The summed E-state index contributed by atoms with van der Waals surface area (Å²) in [5.41, 5.74) is 1.44. The minimum absolute atomic E-state index is 0.464. The van der Waals surface area contributed by atoms with Crippen LogP contribution in [0, 0.1) is 11.3 Å². The van der Waals surface area contributed by atoms with E-state index in [9.17, 15) is 0 Å². The molecule has 0 fully saturated rings. The number of pyridine rings is 1. The van der Waals surface area contributed by atoms with E-state index in [4.69, 9.17) is 21.6 Å². The molecule has 1 aromatic heterocycles. The fourth-order valence-corrected chi connectivity index (χ4v) is 1.68. The third-order valence-corrected chi connectivity index (χ3v) is 2.64. The van der Waals surface area contributed by atoms with Gasteiger partial charge in [-0.05, 0) is 24.3 Å². The minimum atomic E-state index is 0.464. The van der Waals surface area contributed by atoms with Gasteiger partial charge in [0.05, 0.1) is 12.2 Å². The van der Waals surface area contributed by atoms with E-state index in [-0.39, 0.29) is 0 Å². The molecule has 0 spiro atoms. The Morgan fingerprint density at radius 1 is 1.28 bits per heavy atom. The predicted octanol–water partition coefficient (Wildman–Crippen LogP) is 3.23. The van der Waals surface area contributed by atoms with Gasteiger partial charge in [0.1, 0.15) is 11.8 Å². The monoisotopic (exact) mass is 258 g/mol. The Bertz CT molecular complexity index is 564. The van der Waals surface area contributed by atoms with E-state index in [1.165, 1.54) is 0 Å². The van der Waals surface area contributed by atoms with E-state index in [2.05, 4.69) is 11.1 Å². The first kappa shape index (κ1) is 12.4. The molecular formula is C14H11ClN2O. The maximum Gasteiger partial charge on any atom is 0.138 e. The Balaban J connectivity index is 1.98. The third kappa shape index (κ3) is 3.22. The second-order valence-corrected chi connectivity index (χ2v) is 4.11. The second kappa shape index (κ2) is 6.04. The van der Waals surface area contributed by atoms with Crippen molar-refractivity contribution in [1.82, 2.24) is 4.98 Å². The molecule has 18 heavy (non-hydrogen) atoms. The van der Waals surface area contributed by atoms with Gasteiger partial charge in [0.15, 0.2) is 0 Å². The Morgan fingerprint density at radius 2 is 2.17 bits per heavy atom. The first-order valence-corrected chi connectivity index (χ1v) is 5.90. The zero-order chi connectivity index (χ0) is 12.8. The van der Waals surface area contributed by atoms with Crippen molar-refractivity contribution in [3.05, 3.63) is 58.9 Å². The van der Waals surface area contributed by atoms with E-state index in [0.717, 1.165) is 5.69 Å². The van der Waals surface area contributed by atoms with Crippen LogP contribution in [0.1, 0.15) is 11.3 Å². The highest BCUT2D eigenvalue weighted by Gasteiger charge is 2.04. The van der Waals surface area contributed by atoms with Crippen molar-refractivity contribution in [3.63, 3.8) is 0 Å². The van der Waals surface area contributed by atoms with Crippen LogP contribution in [0.3, 0.4) is 0 Å². The average molecular weight is 259 g/mol. The standard InChI is InChI=1S/C14H11ClN2O/c15-12-5-4-11(10-16)14(9-12)18-8-6-13-3-1-2-7-17-13/h1-5,7,9H,6,8H2. The fourth-order valence-electron chi connectivity index (χ4n) is 1.52. The van der Waals surface area contributed by atoms with Crippen LogP contribution in [0.2, 0.25) is 5.02 Å². The lowest BCUT2D eigenvalue weighted by Crippen LogP contribution is -2.03. The topological polar surface area (TPSA) is 45.9 Å². The summed E-state index contributed by atoms with van der Waals surface area (Å²) < 4.78 is 5.57. The Kier molecular flexibility index (Phi) is 4.16. The van der Waals surface area contributed by atoms with Crippen LogP contribution < -0.4 is 4.74 Å². The summed E-state index contributed by atoms with van der Waals surface area (Å²) in [7, 11) is 0. The van der Waals surface area contributed by atoms with Crippen molar-refractivity contribution in [2.75, 3.05) is 6.61 Å². The molecule has 0 aliphatic heterocycles. The molecule has 0 radical (unpaired) electrons. The van der Waals surface area contributed by atoms with Crippen molar-refractivity contribution < 1.29 is 4.74 Å².